The van der Waals surface area contributed by atoms with Gasteiger partial charge in [0.15, 0.2) is 5.37 Å². The normalized spacial score (nSPS) is 14.0. The van der Waals surface area contributed by atoms with Crippen molar-refractivity contribution >= 4 is 29.6 Å². The molecule has 0 radical (unpaired) electrons. The van der Waals surface area contributed by atoms with Gasteiger partial charge in [0.1, 0.15) is 5.92 Å². The predicted octanol–water partition coefficient (Wildman–Crippen LogP) is -0.0129. The SMILES string of the molecule is CCSC(NC(=O)C(C)C(=O)O)C(=O)O. The van der Waals surface area contributed by atoms with E-state index in [-0.39, 0.29) is 0 Å². The van der Waals surface area contributed by atoms with Crippen LogP contribution >= 0.6 is 11.8 Å². The zero-order valence-corrected chi connectivity index (χ0v) is 9.21. The van der Waals surface area contributed by atoms with E-state index in [0.29, 0.717) is 5.75 Å². The van der Waals surface area contributed by atoms with Crippen molar-refractivity contribution in [3.63, 3.8) is 0 Å². The lowest BCUT2D eigenvalue weighted by Gasteiger charge is -2.14. The molecule has 0 saturated heterocycles. The lowest BCUT2D eigenvalue weighted by atomic mass is 10.2. The molecule has 0 fully saturated rings. The number of rotatable bonds is 6. The summed E-state index contributed by atoms with van der Waals surface area (Å²) in [6, 6.07) is 0. The molecule has 0 heterocycles. The van der Waals surface area contributed by atoms with Crippen molar-refractivity contribution in [3.8, 4) is 0 Å². The number of hydrogen-bond acceptors (Lipinski definition) is 4. The third-order valence-corrected chi connectivity index (χ3v) is 2.58. The third kappa shape index (κ3) is 4.68. The molecule has 2 unspecified atom stereocenters. The number of carboxylic acid groups (broad SMARTS) is 2. The van der Waals surface area contributed by atoms with Gasteiger partial charge in [-0.05, 0) is 12.7 Å². The van der Waals surface area contributed by atoms with Gasteiger partial charge in [0.25, 0.3) is 0 Å². The van der Waals surface area contributed by atoms with Crippen molar-refractivity contribution in [2.45, 2.75) is 19.2 Å². The molecule has 0 saturated carbocycles. The summed E-state index contributed by atoms with van der Waals surface area (Å²) in [7, 11) is 0. The second kappa shape index (κ2) is 6.28. The quantitative estimate of drug-likeness (QED) is 0.442. The molecule has 0 rings (SSSR count). The third-order valence-electron chi connectivity index (χ3n) is 1.59. The van der Waals surface area contributed by atoms with Crippen LogP contribution in [0, 0.1) is 5.92 Å². The van der Waals surface area contributed by atoms with E-state index in [2.05, 4.69) is 5.32 Å². The Bertz CT molecular complexity index is 268. The van der Waals surface area contributed by atoms with E-state index in [0.717, 1.165) is 11.8 Å². The highest BCUT2D eigenvalue weighted by molar-refractivity contribution is 8.00. The first-order valence-electron chi connectivity index (χ1n) is 4.27. The maximum absolute atomic E-state index is 11.2. The molecule has 0 aromatic carbocycles. The summed E-state index contributed by atoms with van der Waals surface area (Å²) in [5.41, 5.74) is 0. The van der Waals surface area contributed by atoms with Gasteiger partial charge in [-0.3, -0.25) is 9.59 Å². The Morgan fingerprint density at radius 3 is 2.13 bits per heavy atom. The van der Waals surface area contributed by atoms with Crippen molar-refractivity contribution in [1.29, 1.82) is 0 Å². The molecular weight excluding hydrogens is 222 g/mol. The van der Waals surface area contributed by atoms with Gasteiger partial charge in [0, 0.05) is 0 Å². The van der Waals surface area contributed by atoms with Gasteiger partial charge in [0.2, 0.25) is 5.91 Å². The molecule has 1 amide bonds. The molecule has 15 heavy (non-hydrogen) atoms. The number of carbonyl (C=O) groups excluding carboxylic acids is 1. The lowest BCUT2D eigenvalue weighted by molar-refractivity contribution is -0.148. The topological polar surface area (TPSA) is 104 Å². The van der Waals surface area contributed by atoms with Crippen LogP contribution in [0.2, 0.25) is 0 Å². The summed E-state index contributed by atoms with van der Waals surface area (Å²) >= 11 is 1.02. The summed E-state index contributed by atoms with van der Waals surface area (Å²) < 4.78 is 0. The van der Waals surface area contributed by atoms with Crippen LogP contribution in [0.3, 0.4) is 0 Å². The Hall–Kier alpha value is -1.24. The fraction of sp³-hybridized carbons (Fsp3) is 0.625. The summed E-state index contributed by atoms with van der Waals surface area (Å²) in [6.07, 6.45) is 0. The first-order valence-corrected chi connectivity index (χ1v) is 5.32. The largest absolute Gasteiger partial charge is 0.481 e. The van der Waals surface area contributed by atoms with E-state index in [1.807, 2.05) is 0 Å². The van der Waals surface area contributed by atoms with Gasteiger partial charge in [-0.25, -0.2) is 4.79 Å². The van der Waals surface area contributed by atoms with Crippen LogP contribution in [0.1, 0.15) is 13.8 Å². The second-order valence-electron chi connectivity index (χ2n) is 2.74. The Morgan fingerprint density at radius 2 is 1.80 bits per heavy atom. The van der Waals surface area contributed by atoms with Gasteiger partial charge in [-0.15, -0.1) is 11.8 Å². The predicted molar refractivity (Wildman–Crippen MR) is 54.5 cm³/mol. The highest BCUT2D eigenvalue weighted by Crippen LogP contribution is 2.08. The molecule has 86 valence electrons. The van der Waals surface area contributed by atoms with Crippen LogP contribution in [0.25, 0.3) is 0 Å². The molecule has 0 bridgehead atoms. The highest BCUT2D eigenvalue weighted by atomic mass is 32.2. The van der Waals surface area contributed by atoms with Crippen LogP contribution in [0.4, 0.5) is 0 Å². The molecule has 2 atom stereocenters. The summed E-state index contributed by atoms with van der Waals surface area (Å²) in [4.78, 5) is 32.3. The van der Waals surface area contributed by atoms with Gasteiger partial charge < -0.3 is 15.5 Å². The molecular formula is C8H13NO5S. The summed E-state index contributed by atoms with van der Waals surface area (Å²) in [6.45, 7) is 2.95. The second-order valence-corrected chi connectivity index (χ2v) is 4.12. The first-order chi connectivity index (χ1) is 6.90. The molecule has 0 aromatic rings. The average molecular weight is 235 g/mol. The monoisotopic (exact) mass is 235 g/mol. The van der Waals surface area contributed by atoms with E-state index in [9.17, 15) is 14.4 Å². The minimum absolute atomic E-state index is 0.513. The number of thioether (sulfide) groups is 1. The molecule has 7 heteroatoms. The van der Waals surface area contributed by atoms with Gasteiger partial charge in [-0.1, -0.05) is 6.92 Å². The van der Waals surface area contributed by atoms with E-state index in [1.165, 1.54) is 6.92 Å². The zero-order valence-electron chi connectivity index (χ0n) is 8.39. The minimum atomic E-state index is -1.28. The van der Waals surface area contributed by atoms with Crippen LogP contribution in [-0.4, -0.2) is 39.2 Å². The van der Waals surface area contributed by atoms with Crippen LogP contribution in [0.5, 0.6) is 0 Å². The van der Waals surface area contributed by atoms with E-state index in [1.54, 1.807) is 6.92 Å². The van der Waals surface area contributed by atoms with Crippen molar-refractivity contribution in [3.05, 3.63) is 0 Å². The summed E-state index contributed by atoms with van der Waals surface area (Å²) in [5, 5.41) is 18.3. The maximum atomic E-state index is 11.2. The number of carboxylic acids is 2. The molecule has 0 aliphatic rings. The molecule has 0 aliphatic heterocycles. The zero-order chi connectivity index (χ0) is 12.0. The van der Waals surface area contributed by atoms with E-state index in [4.69, 9.17) is 10.2 Å². The molecule has 3 N–H and O–H groups in total. The average Bonchev–Trinajstić information content (AvgIpc) is 2.15. The molecule has 6 nitrogen and oxygen atoms in total. The van der Waals surface area contributed by atoms with Crippen molar-refractivity contribution in [2.75, 3.05) is 5.75 Å². The number of aliphatic carboxylic acids is 2. The maximum Gasteiger partial charge on any atom is 0.336 e. The molecule has 0 aromatic heterocycles. The standard InChI is InChI=1S/C8H13NO5S/c1-3-15-6(8(13)14)9-5(10)4(2)7(11)12/h4,6H,3H2,1-2H3,(H,9,10)(H,11,12)(H,13,14). The van der Waals surface area contributed by atoms with E-state index >= 15 is 0 Å². The molecule has 0 spiro atoms. The number of nitrogens with one attached hydrogen (secondary N) is 1. The fourth-order valence-corrected chi connectivity index (χ4v) is 1.38. The lowest BCUT2D eigenvalue weighted by Crippen LogP contribution is -2.43. The van der Waals surface area contributed by atoms with Gasteiger partial charge >= 0.3 is 11.9 Å². The number of carbonyl (C=O) groups is 3. The minimum Gasteiger partial charge on any atom is -0.481 e. The Kier molecular flexibility index (Phi) is 5.76. The highest BCUT2D eigenvalue weighted by Gasteiger charge is 2.26. The van der Waals surface area contributed by atoms with E-state index < -0.39 is 29.1 Å². The van der Waals surface area contributed by atoms with Crippen LogP contribution in [-0.2, 0) is 14.4 Å². The van der Waals surface area contributed by atoms with Crippen LogP contribution < -0.4 is 5.32 Å². The van der Waals surface area contributed by atoms with Crippen molar-refractivity contribution in [1.82, 2.24) is 5.32 Å². The first kappa shape index (κ1) is 13.8. The molecule has 0 aliphatic carbocycles. The fourth-order valence-electron chi connectivity index (χ4n) is 0.708. The van der Waals surface area contributed by atoms with Gasteiger partial charge in [0.05, 0.1) is 0 Å². The Balaban J connectivity index is 4.35. The van der Waals surface area contributed by atoms with Crippen molar-refractivity contribution in [2.24, 2.45) is 5.92 Å². The number of hydrogen-bond donors (Lipinski definition) is 3. The van der Waals surface area contributed by atoms with Gasteiger partial charge in [-0.2, -0.15) is 0 Å². The van der Waals surface area contributed by atoms with Crippen molar-refractivity contribution < 1.29 is 24.6 Å². The van der Waals surface area contributed by atoms with Crippen LogP contribution in [0.15, 0.2) is 0 Å². The Labute approximate surface area is 91.0 Å². The smallest absolute Gasteiger partial charge is 0.336 e. The summed E-state index contributed by atoms with van der Waals surface area (Å²) in [5.74, 6) is -4.00. The Morgan fingerprint density at radius 1 is 1.27 bits per heavy atom. The number of amides is 1.